The Morgan fingerprint density at radius 2 is 1.88 bits per heavy atom. The zero-order valence-electron chi connectivity index (χ0n) is 8.24. The molecule has 0 bridgehead atoms. The summed E-state index contributed by atoms with van der Waals surface area (Å²) in [5, 5.41) is 21.7. The molecule has 1 aromatic heterocycles. The van der Waals surface area contributed by atoms with Crippen molar-refractivity contribution in [3.8, 4) is 11.1 Å². The molecule has 0 unspecified atom stereocenters. The minimum atomic E-state index is -0.461. The van der Waals surface area contributed by atoms with Gasteiger partial charge in [0.15, 0.2) is 12.4 Å². The van der Waals surface area contributed by atoms with Crippen LogP contribution in [0.1, 0.15) is 0 Å². The van der Waals surface area contributed by atoms with E-state index in [-0.39, 0.29) is 5.69 Å². The fourth-order valence-electron chi connectivity index (χ4n) is 1.42. The Bertz CT molecular complexity index is 540. The van der Waals surface area contributed by atoms with Gasteiger partial charge in [-0.25, -0.2) is 0 Å². The molecule has 5 heteroatoms. The number of nitro groups is 1. The third-order valence-corrected chi connectivity index (χ3v) is 2.17. The van der Waals surface area contributed by atoms with Gasteiger partial charge in [0, 0.05) is 23.8 Å². The van der Waals surface area contributed by atoms with Gasteiger partial charge in [-0.1, -0.05) is 12.1 Å². The molecule has 0 aliphatic carbocycles. The number of hydrogen-bond acceptors (Lipinski definition) is 3. The van der Waals surface area contributed by atoms with E-state index in [4.69, 9.17) is 0 Å². The zero-order chi connectivity index (χ0) is 11.5. The Balaban J connectivity index is 2.48. The second-order valence-electron chi connectivity index (χ2n) is 3.26. The normalized spacial score (nSPS) is 10.0. The summed E-state index contributed by atoms with van der Waals surface area (Å²) >= 11 is 0. The van der Waals surface area contributed by atoms with E-state index in [1.54, 1.807) is 24.3 Å². The summed E-state index contributed by atoms with van der Waals surface area (Å²) in [5.74, 6) is 0. The number of benzene rings is 1. The summed E-state index contributed by atoms with van der Waals surface area (Å²) in [6.07, 6.45) is 2.74. The first-order chi connectivity index (χ1) is 7.66. The molecule has 0 radical (unpaired) electrons. The molecule has 0 fully saturated rings. The molecule has 5 nitrogen and oxygen atoms in total. The highest BCUT2D eigenvalue weighted by Gasteiger charge is 2.08. The van der Waals surface area contributed by atoms with Gasteiger partial charge in [0.05, 0.1) is 4.92 Å². The molecule has 0 saturated heterocycles. The van der Waals surface area contributed by atoms with E-state index in [0.717, 1.165) is 0 Å². The third kappa shape index (κ3) is 1.98. The zero-order valence-corrected chi connectivity index (χ0v) is 8.24. The average molecular weight is 216 g/mol. The lowest BCUT2D eigenvalue weighted by molar-refractivity contribution is -0.604. The summed E-state index contributed by atoms with van der Waals surface area (Å²) in [5.41, 5.74) is 1.32. The summed E-state index contributed by atoms with van der Waals surface area (Å²) in [7, 11) is 0. The van der Waals surface area contributed by atoms with Crippen LogP contribution in [0.2, 0.25) is 0 Å². The summed E-state index contributed by atoms with van der Waals surface area (Å²) in [6.45, 7) is 0. The summed E-state index contributed by atoms with van der Waals surface area (Å²) < 4.78 is 0.661. The Labute approximate surface area is 91.3 Å². The maximum absolute atomic E-state index is 11.1. The van der Waals surface area contributed by atoms with Crippen molar-refractivity contribution >= 4 is 5.69 Å². The first kappa shape index (κ1) is 10.1. The number of pyridine rings is 1. The number of hydrogen-bond donors (Lipinski definition) is 0. The molecule has 0 spiro atoms. The number of rotatable bonds is 2. The largest absolute Gasteiger partial charge is 0.619 e. The molecule has 2 aromatic rings. The monoisotopic (exact) mass is 216 g/mol. The second kappa shape index (κ2) is 3.98. The third-order valence-electron chi connectivity index (χ3n) is 2.17. The van der Waals surface area contributed by atoms with E-state index >= 15 is 0 Å². The SMILES string of the molecule is O=[N+]([O-])c1cccc(-c2ccc[n+]([O-])c2)c1. The molecule has 0 saturated carbocycles. The molecule has 0 aliphatic heterocycles. The van der Waals surface area contributed by atoms with E-state index in [1.165, 1.54) is 24.5 Å². The minimum absolute atomic E-state index is 0.0128. The van der Waals surface area contributed by atoms with Gasteiger partial charge in [-0.05, 0) is 11.6 Å². The molecule has 80 valence electrons. The molecule has 1 aromatic carbocycles. The van der Waals surface area contributed by atoms with E-state index in [9.17, 15) is 15.3 Å². The van der Waals surface area contributed by atoms with Crippen molar-refractivity contribution in [1.29, 1.82) is 0 Å². The molecule has 0 N–H and O–H groups in total. The summed E-state index contributed by atoms with van der Waals surface area (Å²) in [6, 6.07) is 9.50. The van der Waals surface area contributed by atoms with E-state index in [2.05, 4.69) is 0 Å². The number of aromatic nitrogens is 1. The highest BCUT2D eigenvalue weighted by Crippen LogP contribution is 2.22. The van der Waals surface area contributed by atoms with Crippen LogP contribution in [0.5, 0.6) is 0 Å². The second-order valence-corrected chi connectivity index (χ2v) is 3.26. The van der Waals surface area contributed by atoms with Gasteiger partial charge in [-0.2, -0.15) is 4.73 Å². The lowest BCUT2D eigenvalue weighted by Gasteiger charge is -2.01. The lowest BCUT2D eigenvalue weighted by atomic mass is 10.1. The molecule has 0 amide bonds. The summed E-state index contributed by atoms with van der Waals surface area (Å²) in [4.78, 5) is 10.1. The van der Waals surface area contributed by atoms with Crippen molar-refractivity contribution in [2.75, 3.05) is 0 Å². The quantitative estimate of drug-likeness (QED) is 0.333. The Morgan fingerprint density at radius 3 is 2.56 bits per heavy atom. The maximum Gasteiger partial charge on any atom is 0.270 e. The molecule has 0 aliphatic rings. The Kier molecular flexibility index (Phi) is 2.51. The Hall–Kier alpha value is -2.43. The molecular formula is C11H8N2O3. The molecule has 2 rings (SSSR count). The van der Waals surface area contributed by atoms with Crippen LogP contribution in [0, 0.1) is 15.3 Å². The van der Waals surface area contributed by atoms with E-state index in [0.29, 0.717) is 15.9 Å². The minimum Gasteiger partial charge on any atom is -0.619 e. The van der Waals surface area contributed by atoms with Crippen molar-refractivity contribution in [1.82, 2.24) is 0 Å². The van der Waals surface area contributed by atoms with Crippen molar-refractivity contribution in [2.45, 2.75) is 0 Å². The smallest absolute Gasteiger partial charge is 0.270 e. The van der Waals surface area contributed by atoms with Crippen LogP contribution in [0.15, 0.2) is 48.8 Å². The first-order valence-electron chi connectivity index (χ1n) is 4.60. The topological polar surface area (TPSA) is 70.1 Å². The molecule has 0 atom stereocenters. The van der Waals surface area contributed by atoms with E-state index in [1.807, 2.05) is 0 Å². The highest BCUT2D eigenvalue weighted by atomic mass is 16.6. The van der Waals surface area contributed by atoms with Crippen molar-refractivity contribution < 1.29 is 9.65 Å². The maximum atomic E-state index is 11.1. The van der Waals surface area contributed by atoms with Crippen molar-refractivity contribution in [3.05, 3.63) is 64.1 Å². The van der Waals surface area contributed by atoms with Crippen LogP contribution in [0.4, 0.5) is 5.69 Å². The van der Waals surface area contributed by atoms with Crippen LogP contribution in [0.3, 0.4) is 0 Å². The number of nitro benzene ring substituents is 1. The van der Waals surface area contributed by atoms with Gasteiger partial charge >= 0.3 is 0 Å². The number of non-ortho nitro benzene ring substituents is 1. The highest BCUT2D eigenvalue weighted by molar-refractivity contribution is 5.64. The fraction of sp³-hybridized carbons (Fsp3) is 0. The standard InChI is InChI=1S/C11H8N2O3/c14-12-6-2-4-10(8-12)9-3-1-5-11(7-9)13(15)16/h1-8H. The lowest BCUT2D eigenvalue weighted by Crippen LogP contribution is -2.23. The fourth-order valence-corrected chi connectivity index (χ4v) is 1.42. The van der Waals surface area contributed by atoms with Crippen LogP contribution in [0.25, 0.3) is 11.1 Å². The molecule has 1 heterocycles. The van der Waals surface area contributed by atoms with Gasteiger partial charge in [-0.15, -0.1) is 0 Å². The van der Waals surface area contributed by atoms with Crippen LogP contribution in [-0.2, 0) is 0 Å². The number of nitrogens with zero attached hydrogens (tertiary/aromatic N) is 2. The van der Waals surface area contributed by atoms with Gasteiger partial charge in [0.1, 0.15) is 0 Å². The predicted molar refractivity (Wildman–Crippen MR) is 57.5 cm³/mol. The molecular weight excluding hydrogens is 208 g/mol. The van der Waals surface area contributed by atoms with Gasteiger partial charge in [0.2, 0.25) is 0 Å². The first-order valence-corrected chi connectivity index (χ1v) is 4.60. The molecule has 16 heavy (non-hydrogen) atoms. The van der Waals surface area contributed by atoms with Gasteiger partial charge in [-0.3, -0.25) is 10.1 Å². The van der Waals surface area contributed by atoms with Crippen LogP contribution in [-0.4, -0.2) is 4.92 Å². The van der Waals surface area contributed by atoms with Gasteiger partial charge < -0.3 is 5.21 Å². The van der Waals surface area contributed by atoms with Crippen LogP contribution >= 0.6 is 0 Å². The van der Waals surface area contributed by atoms with Crippen LogP contribution < -0.4 is 4.73 Å². The van der Waals surface area contributed by atoms with Crippen molar-refractivity contribution in [3.63, 3.8) is 0 Å². The van der Waals surface area contributed by atoms with Gasteiger partial charge in [0.25, 0.3) is 5.69 Å². The van der Waals surface area contributed by atoms with E-state index < -0.39 is 4.92 Å². The average Bonchev–Trinajstić information content (AvgIpc) is 2.29. The Morgan fingerprint density at radius 1 is 1.12 bits per heavy atom. The predicted octanol–water partition coefficient (Wildman–Crippen LogP) is 1.90. The van der Waals surface area contributed by atoms with Crippen molar-refractivity contribution in [2.24, 2.45) is 0 Å².